The lowest BCUT2D eigenvalue weighted by atomic mass is 9.95. The van der Waals surface area contributed by atoms with Gasteiger partial charge in [0, 0.05) is 4.88 Å². The highest BCUT2D eigenvalue weighted by Gasteiger charge is 2.28. The van der Waals surface area contributed by atoms with E-state index in [2.05, 4.69) is 20.8 Å². The first-order chi connectivity index (χ1) is 13.4. The van der Waals surface area contributed by atoms with Crippen molar-refractivity contribution in [1.29, 1.82) is 0 Å². The molecular weight excluding hydrogens is 398 g/mol. The lowest BCUT2D eigenvalue weighted by molar-refractivity contribution is -0.115. The Balaban J connectivity index is 1.78. The van der Waals surface area contributed by atoms with Crippen molar-refractivity contribution < 1.29 is 14.3 Å². The molecule has 2 aromatic rings. The van der Waals surface area contributed by atoms with E-state index in [4.69, 9.17) is 4.74 Å². The van der Waals surface area contributed by atoms with Gasteiger partial charge in [0.25, 0.3) is 0 Å². The van der Waals surface area contributed by atoms with Crippen LogP contribution in [0.1, 0.15) is 67.4 Å². The average Bonchev–Trinajstić information content (AvgIpc) is 3.25. The number of hydrogen-bond donors (Lipinski definition) is 1. The van der Waals surface area contributed by atoms with Crippen LogP contribution >= 0.6 is 23.1 Å². The first-order valence-electron chi connectivity index (χ1n) is 9.49. The van der Waals surface area contributed by atoms with Crippen LogP contribution in [0, 0.1) is 0 Å². The number of amides is 1. The van der Waals surface area contributed by atoms with E-state index in [0.29, 0.717) is 22.3 Å². The molecule has 0 spiro atoms. The maximum absolute atomic E-state index is 12.8. The van der Waals surface area contributed by atoms with E-state index in [0.717, 1.165) is 31.2 Å². The number of thioether (sulfide) groups is 1. The summed E-state index contributed by atoms with van der Waals surface area (Å²) in [4.78, 5) is 26.5. The highest BCUT2D eigenvalue weighted by molar-refractivity contribution is 8.00. The Morgan fingerprint density at radius 3 is 2.75 bits per heavy atom. The normalized spacial score (nSPS) is 14.6. The zero-order valence-corrected chi connectivity index (χ0v) is 18.2. The van der Waals surface area contributed by atoms with Crippen LogP contribution in [0.25, 0.3) is 0 Å². The lowest BCUT2D eigenvalue weighted by Gasteiger charge is -2.14. The molecule has 1 atom stereocenters. The molecule has 3 rings (SSSR count). The molecule has 0 saturated heterocycles. The van der Waals surface area contributed by atoms with Gasteiger partial charge in [-0.3, -0.25) is 4.79 Å². The second-order valence-electron chi connectivity index (χ2n) is 6.88. The molecule has 1 amide bonds. The van der Waals surface area contributed by atoms with Crippen LogP contribution < -0.4 is 5.32 Å². The van der Waals surface area contributed by atoms with Gasteiger partial charge < -0.3 is 10.1 Å². The Morgan fingerprint density at radius 1 is 1.29 bits per heavy atom. The Kier molecular flexibility index (Phi) is 6.71. The first kappa shape index (κ1) is 20.8. The van der Waals surface area contributed by atoms with Crippen molar-refractivity contribution in [2.75, 3.05) is 11.9 Å². The maximum Gasteiger partial charge on any atom is 0.341 e. The number of fused-ring (bicyclic) bond motifs is 1. The van der Waals surface area contributed by atoms with Gasteiger partial charge in [0.05, 0.1) is 23.5 Å². The third-order valence-corrected chi connectivity index (χ3v) is 6.75. The van der Waals surface area contributed by atoms with Gasteiger partial charge in [0.1, 0.15) is 5.00 Å². The summed E-state index contributed by atoms with van der Waals surface area (Å²) in [6.07, 6.45) is 3.94. The third kappa shape index (κ3) is 4.38. The molecule has 152 valence electrons. The van der Waals surface area contributed by atoms with Crippen LogP contribution in [0.5, 0.6) is 0 Å². The summed E-state index contributed by atoms with van der Waals surface area (Å²) in [5.74, 6) is -0.547. The second kappa shape index (κ2) is 9.04. The van der Waals surface area contributed by atoms with Gasteiger partial charge in [-0.1, -0.05) is 11.8 Å². The largest absolute Gasteiger partial charge is 0.462 e. The number of esters is 1. The van der Waals surface area contributed by atoms with Crippen molar-refractivity contribution in [1.82, 2.24) is 20.2 Å². The van der Waals surface area contributed by atoms with Crippen LogP contribution in [0.15, 0.2) is 5.16 Å². The molecule has 1 aliphatic carbocycles. The number of nitrogens with zero attached hydrogens (tertiary/aromatic N) is 4. The van der Waals surface area contributed by atoms with Crippen LogP contribution in [0.2, 0.25) is 0 Å². The molecule has 28 heavy (non-hydrogen) atoms. The Morgan fingerprint density at radius 2 is 2.04 bits per heavy atom. The van der Waals surface area contributed by atoms with E-state index in [1.54, 1.807) is 18.5 Å². The van der Waals surface area contributed by atoms with Gasteiger partial charge in [-0.2, -0.15) is 0 Å². The summed E-state index contributed by atoms with van der Waals surface area (Å²) >= 11 is 2.79. The third-order valence-electron chi connectivity index (χ3n) is 4.49. The molecule has 2 heterocycles. The molecule has 0 aliphatic heterocycles. The summed E-state index contributed by atoms with van der Waals surface area (Å²) in [6.45, 7) is 7.85. The van der Waals surface area contributed by atoms with Crippen molar-refractivity contribution in [2.45, 2.75) is 69.8 Å². The predicted molar refractivity (Wildman–Crippen MR) is 109 cm³/mol. The molecule has 1 aliphatic rings. The summed E-state index contributed by atoms with van der Waals surface area (Å²) in [5.41, 5.74) is 1.56. The van der Waals surface area contributed by atoms with E-state index in [1.165, 1.54) is 28.0 Å². The number of carbonyl (C=O) groups excluding carboxylic acids is 2. The van der Waals surface area contributed by atoms with Crippen LogP contribution in [-0.2, 0) is 22.4 Å². The fourth-order valence-electron chi connectivity index (χ4n) is 3.09. The Bertz CT molecular complexity index is 862. The van der Waals surface area contributed by atoms with Crippen molar-refractivity contribution in [3.8, 4) is 0 Å². The van der Waals surface area contributed by atoms with E-state index in [-0.39, 0.29) is 17.9 Å². The van der Waals surface area contributed by atoms with Crippen molar-refractivity contribution in [3.05, 3.63) is 16.0 Å². The quantitative estimate of drug-likeness (QED) is 0.537. The monoisotopic (exact) mass is 423 g/mol. The highest BCUT2D eigenvalue weighted by Crippen LogP contribution is 2.39. The van der Waals surface area contributed by atoms with E-state index >= 15 is 0 Å². The average molecular weight is 424 g/mol. The number of hydrogen-bond acceptors (Lipinski definition) is 8. The molecule has 0 aromatic carbocycles. The topological polar surface area (TPSA) is 99.0 Å². The van der Waals surface area contributed by atoms with Crippen molar-refractivity contribution in [2.24, 2.45) is 0 Å². The van der Waals surface area contributed by atoms with E-state index in [9.17, 15) is 9.59 Å². The molecule has 0 fully saturated rings. The van der Waals surface area contributed by atoms with Gasteiger partial charge in [0.2, 0.25) is 11.1 Å². The van der Waals surface area contributed by atoms with Crippen LogP contribution in [-0.4, -0.2) is 43.9 Å². The molecule has 10 heteroatoms. The Labute approximate surface area is 172 Å². The van der Waals surface area contributed by atoms with Crippen molar-refractivity contribution >= 4 is 40.0 Å². The molecule has 8 nitrogen and oxygen atoms in total. The number of carbonyl (C=O) groups is 2. The Hall–Kier alpha value is -1.94. The standard InChI is InChI=1S/C18H25N5O3S2/c1-5-26-17(25)14-12-8-6-7-9-13(12)28-16(14)19-15(24)11(4)27-18-20-21-22-23(18)10(2)3/h10-11H,5-9H2,1-4H3,(H,19,24). The molecule has 1 unspecified atom stereocenters. The molecule has 0 bridgehead atoms. The van der Waals surface area contributed by atoms with Gasteiger partial charge in [0.15, 0.2) is 0 Å². The van der Waals surface area contributed by atoms with Gasteiger partial charge >= 0.3 is 5.97 Å². The number of anilines is 1. The maximum atomic E-state index is 12.8. The smallest absolute Gasteiger partial charge is 0.341 e. The van der Waals surface area contributed by atoms with Crippen molar-refractivity contribution in [3.63, 3.8) is 0 Å². The number of ether oxygens (including phenoxy) is 1. The summed E-state index contributed by atoms with van der Waals surface area (Å²) in [6, 6.07) is 0.104. The number of aryl methyl sites for hydroxylation is 1. The molecular formula is C18H25N5O3S2. The predicted octanol–water partition coefficient (Wildman–Crippen LogP) is 3.49. The molecule has 1 N–H and O–H groups in total. The fourth-order valence-corrected chi connectivity index (χ4v) is 5.29. The number of nitrogens with one attached hydrogen (secondary N) is 1. The van der Waals surface area contributed by atoms with Gasteiger partial charge in [-0.15, -0.1) is 16.4 Å². The number of tetrazole rings is 1. The molecule has 0 saturated carbocycles. The second-order valence-corrected chi connectivity index (χ2v) is 9.30. The highest BCUT2D eigenvalue weighted by atomic mass is 32.2. The number of rotatable bonds is 7. The fraction of sp³-hybridized carbons (Fsp3) is 0.611. The summed E-state index contributed by atoms with van der Waals surface area (Å²) in [5, 5.41) is 15.4. The van der Waals surface area contributed by atoms with Gasteiger partial charge in [-0.25, -0.2) is 9.48 Å². The minimum atomic E-state index is -0.419. The van der Waals surface area contributed by atoms with Crippen LogP contribution in [0.4, 0.5) is 5.00 Å². The lowest BCUT2D eigenvalue weighted by Crippen LogP contribution is -2.24. The van der Waals surface area contributed by atoms with Crippen LogP contribution in [0.3, 0.4) is 0 Å². The van der Waals surface area contributed by atoms with Gasteiger partial charge in [-0.05, 0) is 69.4 Å². The number of thiophene rings is 1. The minimum Gasteiger partial charge on any atom is -0.462 e. The summed E-state index contributed by atoms with van der Waals surface area (Å²) in [7, 11) is 0. The zero-order valence-electron chi connectivity index (χ0n) is 16.5. The summed E-state index contributed by atoms with van der Waals surface area (Å²) < 4.78 is 6.93. The van der Waals surface area contributed by atoms with E-state index < -0.39 is 5.25 Å². The SMILES string of the molecule is CCOC(=O)c1c(NC(=O)C(C)Sc2nnnn2C(C)C)sc2c1CCCC2. The number of aromatic nitrogens is 4. The first-order valence-corrected chi connectivity index (χ1v) is 11.2. The van der Waals surface area contributed by atoms with E-state index in [1.807, 2.05) is 13.8 Å². The zero-order chi connectivity index (χ0) is 20.3. The molecule has 2 aromatic heterocycles. The molecule has 0 radical (unpaired) electrons. The minimum absolute atomic E-state index is 0.104.